The number of Topliss-reactive ketones (excluding diaryl/α,β-unsaturated/α-hetero) is 1. The lowest BCUT2D eigenvalue weighted by Crippen LogP contribution is -2.46. The molecule has 2 aromatic rings. The average molecular weight is 441 g/mol. The number of carbonyl (C=O) groups is 1. The number of aliphatic hydroxyl groups is 1. The standard InChI is InChI=1S/C26H33FN2O3/c1-2-26(13-17-7-8-23(18(11-17)14-26)32-10-4-9-30)24(31)12-21-25-19(5-3-6-20(25)27)22-15-28-16-29(21)22/h3,5-6,15-18,21,23,30H,2,4,7-14H2,1H3. The second kappa shape index (κ2) is 8.71. The average Bonchev–Trinajstić information content (AvgIpc) is 3.38. The maximum Gasteiger partial charge on any atom is 0.141 e. The largest absolute Gasteiger partial charge is 0.396 e. The fourth-order valence-electron chi connectivity index (χ4n) is 6.70. The third kappa shape index (κ3) is 3.61. The van der Waals surface area contributed by atoms with Crippen LogP contribution in [0.25, 0.3) is 11.3 Å². The van der Waals surface area contributed by atoms with Crippen molar-refractivity contribution in [3.63, 3.8) is 0 Å². The Morgan fingerprint density at radius 1 is 1.34 bits per heavy atom. The number of ketones is 1. The number of imidazole rings is 1. The van der Waals surface area contributed by atoms with Crippen LogP contribution in [0.15, 0.2) is 30.7 Å². The monoisotopic (exact) mass is 440 g/mol. The van der Waals surface area contributed by atoms with E-state index in [2.05, 4.69) is 11.9 Å². The molecule has 3 aliphatic rings. The van der Waals surface area contributed by atoms with E-state index in [0.717, 1.165) is 49.8 Å². The van der Waals surface area contributed by atoms with Gasteiger partial charge in [0.05, 0.1) is 30.4 Å². The number of fused-ring (bicyclic) bond motifs is 5. The van der Waals surface area contributed by atoms with Gasteiger partial charge in [0, 0.05) is 36.2 Å². The van der Waals surface area contributed by atoms with Crippen LogP contribution in [-0.2, 0) is 9.53 Å². The van der Waals surface area contributed by atoms with Crippen molar-refractivity contribution in [2.24, 2.45) is 17.3 Å². The zero-order valence-corrected chi connectivity index (χ0v) is 18.8. The van der Waals surface area contributed by atoms with Gasteiger partial charge in [-0.25, -0.2) is 9.37 Å². The summed E-state index contributed by atoms with van der Waals surface area (Å²) in [6.45, 7) is 2.86. The van der Waals surface area contributed by atoms with Crippen LogP contribution in [0.2, 0.25) is 0 Å². The minimum absolute atomic E-state index is 0.146. The van der Waals surface area contributed by atoms with Crippen molar-refractivity contribution in [1.82, 2.24) is 9.55 Å². The molecular formula is C26H33FN2O3. The van der Waals surface area contributed by atoms with Gasteiger partial charge in [-0.05, 0) is 62.8 Å². The highest BCUT2D eigenvalue weighted by atomic mass is 19.1. The Morgan fingerprint density at radius 3 is 3.03 bits per heavy atom. The van der Waals surface area contributed by atoms with Gasteiger partial charge in [-0.2, -0.15) is 0 Å². The fourth-order valence-corrected chi connectivity index (χ4v) is 6.70. The normalized spacial score (nSPS) is 30.7. The van der Waals surface area contributed by atoms with E-state index in [0.29, 0.717) is 36.8 Å². The summed E-state index contributed by atoms with van der Waals surface area (Å²) < 4.78 is 23.0. The van der Waals surface area contributed by atoms with E-state index < -0.39 is 0 Å². The summed E-state index contributed by atoms with van der Waals surface area (Å²) in [4.78, 5) is 18.2. The Labute approximate surface area is 189 Å². The maximum atomic E-state index is 14.9. The van der Waals surface area contributed by atoms with Crippen LogP contribution in [0.4, 0.5) is 4.39 Å². The summed E-state index contributed by atoms with van der Waals surface area (Å²) in [5.41, 5.74) is 2.01. The summed E-state index contributed by atoms with van der Waals surface area (Å²) in [5.74, 6) is 0.965. The molecule has 0 spiro atoms. The second-order valence-corrected chi connectivity index (χ2v) is 10.00. The molecule has 1 aromatic heterocycles. The Hall–Kier alpha value is -2.05. The van der Waals surface area contributed by atoms with Crippen molar-refractivity contribution < 1.29 is 19.0 Å². The molecule has 2 aliphatic carbocycles. The van der Waals surface area contributed by atoms with E-state index in [9.17, 15) is 9.18 Å². The number of hydrogen-bond acceptors (Lipinski definition) is 4. The first-order valence-electron chi connectivity index (χ1n) is 12.1. The van der Waals surface area contributed by atoms with Crippen molar-refractivity contribution in [2.75, 3.05) is 13.2 Å². The zero-order chi connectivity index (χ0) is 22.3. The SMILES string of the molecule is CCC1(C(=O)CC2c3c(F)cccc3-c3cncn32)CC2CCC(OCCCO)C(C2)C1. The van der Waals surface area contributed by atoms with E-state index >= 15 is 0 Å². The Balaban J connectivity index is 1.38. The van der Waals surface area contributed by atoms with Gasteiger partial charge in [-0.15, -0.1) is 0 Å². The highest BCUT2D eigenvalue weighted by molar-refractivity contribution is 5.87. The lowest BCUT2D eigenvalue weighted by atomic mass is 9.57. The predicted octanol–water partition coefficient (Wildman–Crippen LogP) is 4.93. The molecule has 2 bridgehead atoms. The van der Waals surface area contributed by atoms with Gasteiger partial charge in [0.2, 0.25) is 0 Å². The highest BCUT2D eigenvalue weighted by Crippen LogP contribution is 2.53. The van der Waals surface area contributed by atoms with Crippen molar-refractivity contribution in [3.8, 4) is 11.3 Å². The van der Waals surface area contributed by atoms with Crippen LogP contribution in [0, 0.1) is 23.1 Å². The number of carbonyl (C=O) groups excluding carboxylic acids is 1. The molecular weight excluding hydrogens is 407 g/mol. The molecule has 5 nitrogen and oxygen atoms in total. The van der Waals surface area contributed by atoms with Crippen molar-refractivity contribution >= 4 is 5.78 Å². The van der Waals surface area contributed by atoms with Gasteiger partial charge in [-0.3, -0.25) is 4.79 Å². The number of aromatic nitrogens is 2. The van der Waals surface area contributed by atoms with Crippen molar-refractivity contribution in [1.29, 1.82) is 0 Å². The van der Waals surface area contributed by atoms with Crippen molar-refractivity contribution in [3.05, 3.63) is 42.1 Å². The number of halogens is 1. The first kappa shape index (κ1) is 21.8. The van der Waals surface area contributed by atoms with Crippen LogP contribution >= 0.6 is 0 Å². The van der Waals surface area contributed by atoms with Crippen LogP contribution < -0.4 is 0 Å². The zero-order valence-electron chi connectivity index (χ0n) is 18.8. The smallest absolute Gasteiger partial charge is 0.141 e. The van der Waals surface area contributed by atoms with Gasteiger partial charge in [0.15, 0.2) is 0 Å². The summed E-state index contributed by atoms with van der Waals surface area (Å²) in [6, 6.07) is 4.82. The molecule has 1 aliphatic heterocycles. The van der Waals surface area contributed by atoms with Crippen LogP contribution in [-0.4, -0.2) is 39.8 Å². The van der Waals surface area contributed by atoms with E-state index in [-0.39, 0.29) is 35.8 Å². The van der Waals surface area contributed by atoms with E-state index in [1.807, 2.05) is 10.6 Å². The van der Waals surface area contributed by atoms with Crippen LogP contribution in [0.5, 0.6) is 0 Å². The fraction of sp³-hybridized carbons (Fsp3) is 0.615. The van der Waals surface area contributed by atoms with Gasteiger partial charge < -0.3 is 14.4 Å². The molecule has 2 heterocycles. The number of ether oxygens (including phenoxy) is 1. The van der Waals surface area contributed by atoms with Crippen LogP contribution in [0.3, 0.4) is 0 Å². The first-order chi connectivity index (χ1) is 15.6. The third-order valence-corrected chi connectivity index (χ3v) is 8.30. The number of rotatable bonds is 8. The number of benzene rings is 1. The minimum atomic E-state index is -0.360. The van der Waals surface area contributed by atoms with Gasteiger partial charge in [0.25, 0.3) is 0 Å². The Bertz CT molecular complexity index is 989. The van der Waals surface area contributed by atoms with Crippen molar-refractivity contribution in [2.45, 2.75) is 70.4 Å². The molecule has 1 N–H and O–H groups in total. The first-order valence-corrected chi connectivity index (χ1v) is 12.1. The predicted molar refractivity (Wildman–Crippen MR) is 120 cm³/mol. The van der Waals surface area contributed by atoms with E-state index in [1.165, 1.54) is 6.07 Å². The van der Waals surface area contributed by atoms with Gasteiger partial charge in [-0.1, -0.05) is 19.1 Å². The second-order valence-electron chi connectivity index (χ2n) is 10.00. The summed E-state index contributed by atoms with van der Waals surface area (Å²) in [6.07, 6.45) is 10.5. The molecule has 172 valence electrons. The third-order valence-electron chi connectivity index (χ3n) is 8.30. The lowest BCUT2D eigenvalue weighted by Gasteiger charge is -2.49. The molecule has 5 unspecified atom stereocenters. The minimum Gasteiger partial charge on any atom is -0.396 e. The molecule has 0 radical (unpaired) electrons. The molecule has 5 rings (SSSR count). The van der Waals surface area contributed by atoms with Gasteiger partial charge >= 0.3 is 0 Å². The van der Waals surface area contributed by atoms with E-state index in [4.69, 9.17) is 9.84 Å². The molecule has 2 fully saturated rings. The molecule has 2 saturated carbocycles. The number of aliphatic hydroxyl groups excluding tert-OH is 1. The molecule has 6 heteroatoms. The quantitative estimate of drug-likeness (QED) is 0.592. The van der Waals surface area contributed by atoms with Crippen LogP contribution in [0.1, 0.15) is 69.9 Å². The molecule has 1 aromatic carbocycles. The molecule has 0 amide bonds. The number of hydrogen-bond donors (Lipinski definition) is 1. The summed E-state index contributed by atoms with van der Waals surface area (Å²) >= 11 is 0. The lowest BCUT2D eigenvalue weighted by molar-refractivity contribution is -0.139. The highest BCUT2D eigenvalue weighted by Gasteiger charge is 2.49. The summed E-state index contributed by atoms with van der Waals surface area (Å²) in [7, 11) is 0. The maximum absolute atomic E-state index is 14.9. The van der Waals surface area contributed by atoms with Gasteiger partial charge in [0.1, 0.15) is 11.6 Å². The van der Waals surface area contributed by atoms with E-state index in [1.54, 1.807) is 18.6 Å². The molecule has 0 saturated heterocycles. The summed E-state index contributed by atoms with van der Waals surface area (Å²) in [5, 5.41) is 9.09. The Kier molecular flexibility index (Phi) is 5.93. The Morgan fingerprint density at radius 2 is 2.22 bits per heavy atom. The molecule has 32 heavy (non-hydrogen) atoms. The number of nitrogens with zero attached hydrogens (tertiary/aromatic N) is 2. The molecule has 5 atom stereocenters. The topological polar surface area (TPSA) is 64.4 Å².